The smallest absolute Gasteiger partial charge is 0.126 e. The summed E-state index contributed by atoms with van der Waals surface area (Å²) in [7, 11) is 0. The third-order valence-electron chi connectivity index (χ3n) is 2.56. The van der Waals surface area contributed by atoms with E-state index in [-0.39, 0.29) is 10.0 Å². The molecule has 0 spiro atoms. The topological polar surface area (TPSA) is 24.9 Å². The summed E-state index contributed by atoms with van der Waals surface area (Å²) in [6.07, 6.45) is 1.72. The van der Waals surface area contributed by atoms with Crippen LogP contribution in [0, 0.1) is 12.7 Å². The van der Waals surface area contributed by atoms with E-state index in [1.807, 2.05) is 19.1 Å². The Labute approximate surface area is 115 Å². The summed E-state index contributed by atoms with van der Waals surface area (Å²) >= 11 is 11.9. The highest BCUT2D eigenvalue weighted by Crippen LogP contribution is 2.31. The summed E-state index contributed by atoms with van der Waals surface area (Å²) in [6, 6.07) is 6.29. The molecule has 2 aromatic rings. The fourth-order valence-corrected chi connectivity index (χ4v) is 2.18. The monoisotopic (exact) mass is 284 g/mol. The Morgan fingerprint density at radius 2 is 1.94 bits per heavy atom. The molecule has 1 heterocycles. The summed E-state index contributed by atoms with van der Waals surface area (Å²) in [5.41, 5.74) is 2.48. The molecule has 0 aliphatic heterocycles. The molecule has 0 amide bonds. The van der Waals surface area contributed by atoms with Gasteiger partial charge in [-0.05, 0) is 30.7 Å². The Bertz CT molecular complexity index is 550. The Kier molecular flexibility index (Phi) is 4.04. The van der Waals surface area contributed by atoms with Gasteiger partial charge in [0.05, 0.1) is 28.0 Å². The van der Waals surface area contributed by atoms with Gasteiger partial charge in [0.1, 0.15) is 5.82 Å². The quantitative estimate of drug-likeness (QED) is 0.901. The predicted octanol–water partition coefficient (Wildman–Crippen LogP) is 4.45. The van der Waals surface area contributed by atoms with E-state index >= 15 is 0 Å². The average Bonchev–Trinajstić information content (AvgIpc) is 2.30. The zero-order valence-electron chi connectivity index (χ0n) is 9.67. The molecule has 0 atom stereocenters. The number of hydrogen-bond acceptors (Lipinski definition) is 2. The molecule has 0 saturated carbocycles. The number of aryl methyl sites for hydroxylation is 1. The van der Waals surface area contributed by atoms with Crippen LogP contribution in [0.2, 0.25) is 10.0 Å². The van der Waals surface area contributed by atoms with Crippen molar-refractivity contribution in [2.24, 2.45) is 0 Å². The molecule has 1 N–H and O–H groups in total. The van der Waals surface area contributed by atoms with Crippen molar-refractivity contribution in [2.75, 3.05) is 5.32 Å². The lowest BCUT2D eigenvalue weighted by atomic mass is 10.2. The van der Waals surface area contributed by atoms with Gasteiger partial charge in [-0.2, -0.15) is 0 Å². The summed E-state index contributed by atoms with van der Waals surface area (Å²) in [5, 5.41) is 3.59. The number of hydrogen-bond donors (Lipinski definition) is 1. The van der Waals surface area contributed by atoms with E-state index < -0.39 is 5.82 Å². The van der Waals surface area contributed by atoms with Crippen LogP contribution < -0.4 is 5.32 Å². The zero-order chi connectivity index (χ0) is 13.1. The van der Waals surface area contributed by atoms with Crippen molar-refractivity contribution in [1.29, 1.82) is 0 Å². The molecular weight excluding hydrogens is 274 g/mol. The molecule has 1 aromatic carbocycles. The predicted molar refractivity (Wildman–Crippen MR) is 72.7 cm³/mol. The molecule has 2 nitrogen and oxygen atoms in total. The van der Waals surface area contributed by atoms with Crippen LogP contribution in [0.25, 0.3) is 0 Å². The van der Waals surface area contributed by atoms with Gasteiger partial charge < -0.3 is 5.32 Å². The first kappa shape index (κ1) is 13.1. The number of aromatic nitrogens is 1. The Hall–Kier alpha value is -1.32. The molecule has 0 aliphatic carbocycles. The first-order valence-corrected chi connectivity index (χ1v) is 6.12. The van der Waals surface area contributed by atoms with Gasteiger partial charge in [-0.3, -0.25) is 4.98 Å². The molecule has 94 valence electrons. The van der Waals surface area contributed by atoms with Crippen LogP contribution in [0.1, 0.15) is 11.3 Å². The number of halogens is 3. The molecule has 0 aliphatic rings. The molecule has 0 saturated heterocycles. The first-order valence-electron chi connectivity index (χ1n) is 5.37. The van der Waals surface area contributed by atoms with E-state index in [0.717, 1.165) is 11.3 Å². The Balaban J connectivity index is 2.19. The van der Waals surface area contributed by atoms with Crippen LogP contribution in [-0.4, -0.2) is 4.98 Å². The maximum absolute atomic E-state index is 13.0. The molecule has 0 bridgehead atoms. The lowest BCUT2D eigenvalue weighted by molar-refractivity contribution is 0.628. The molecule has 1 aromatic heterocycles. The van der Waals surface area contributed by atoms with Crippen LogP contribution >= 0.6 is 23.2 Å². The number of anilines is 1. The van der Waals surface area contributed by atoms with E-state index in [1.54, 1.807) is 6.20 Å². The maximum Gasteiger partial charge on any atom is 0.126 e. The summed E-state index contributed by atoms with van der Waals surface area (Å²) in [4.78, 5) is 4.25. The molecule has 2 rings (SSSR count). The van der Waals surface area contributed by atoms with Crippen molar-refractivity contribution in [3.8, 4) is 0 Å². The third kappa shape index (κ3) is 2.92. The zero-order valence-corrected chi connectivity index (χ0v) is 11.2. The van der Waals surface area contributed by atoms with Crippen molar-refractivity contribution < 1.29 is 4.39 Å². The molecular formula is C13H11Cl2FN2. The first-order chi connectivity index (χ1) is 8.58. The van der Waals surface area contributed by atoms with Crippen molar-refractivity contribution >= 4 is 28.9 Å². The normalized spacial score (nSPS) is 10.4. The number of benzene rings is 1. The fourth-order valence-electron chi connectivity index (χ4n) is 1.59. The minimum absolute atomic E-state index is 0.258. The lowest BCUT2D eigenvalue weighted by Crippen LogP contribution is -2.04. The van der Waals surface area contributed by atoms with Gasteiger partial charge in [-0.15, -0.1) is 0 Å². The van der Waals surface area contributed by atoms with Gasteiger partial charge in [0, 0.05) is 6.20 Å². The largest absolute Gasteiger partial charge is 0.377 e. The van der Waals surface area contributed by atoms with Crippen LogP contribution in [-0.2, 0) is 6.54 Å². The number of nitrogens with one attached hydrogen (secondary N) is 1. The van der Waals surface area contributed by atoms with Gasteiger partial charge >= 0.3 is 0 Å². The number of rotatable bonds is 3. The minimum atomic E-state index is -0.454. The van der Waals surface area contributed by atoms with E-state index in [0.29, 0.717) is 12.2 Å². The second-order valence-electron chi connectivity index (χ2n) is 3.86. The van der Waals surface area contributed by atoms with Gasteiger partial charge in [0.15, 0.2) is 0 Å². The van der Waals surface area contributed by atoms with Crippen molar-refractivity contribution in [3.63, 3.8) is 0 Å². The van der Waals surface area contributed by atoms with E-state index in [1.165, 1.54) is 12.1 Å². The Morgan fingerprint density at radius 1 is 1.28 bits per heavy atom. The average molecular weight is 285 g/mol. The molecule has 0 unspecified atom stereocenters. The highest BCUT2D eigenvalue weighted by Gasteiger charge is 2.08. The summed E-state index contributed by atoms with van der Waals surface area (Å²) in [5.74, 6) is -0.454. The third-order valence-corrected chi connectivity index (χ3v) is 3.15. The minimum Gasteiger partial charge on any atom is -0.377 e. The lowest BCUT2D eigenvalue weighted by Gasteiger charge is -2.11. The number of pyridine rings is 1. The van der Waals surface area contributed by atoms with E-state index in [9.17, 15) is 4.39 Å². The van der Waals surface area contributed by atoms with Crippen LogP contribution in [0.15, 0.2) is 30.5 Å². The van der Waals surface area contributed by atoms with E-state index in [2.05, 4.69) is 10.3 Å². The number of nitrogens with zero attached hydrogens (tertiary/aromatic N) is 1. The van der Waals surface area contributed by atoms with Gasteiger partial charge in [-0.1, -0.05) is 29.3 Å². The van der Waals surface area contributed by atoms with Crippen molar-refractivity contribution in [3.05, 3.63) is 57.6 Å². The second-order valence-corrected chi connectivity index (χ2v) is 4.68. The highest BCUT2D eigenvalue weighted by molar-refractivity contribution is 6.39. The van der Waals surface area contributed by atoms with Crippen LogP contribution in [0.3, 0.4) is 0 Å². The van der Waals surface area contributed by atoms with Crippen LogP contribution in [0.4, 0.5) is 10.1 Å². The molecule has 0 radical (unpaired) electrons. The standard InChI is InChI=1S/C13H11Cl2FN2/c1-8-3-2-4-17-12(8)7-18-13-10(14)5-9(16)6-11(13)15/h2-6,18H,7H2,1H3. The van der Waals surface area contributed by atoms with E-state index in [4.69, 9.17) is 23.2 Å². The van der Waals surface area contributed by atoms with Crippen molar-refractivity contribution in [2.45, 2.75) is 13.5 Å². The molecule has 5 heteroatoms. The second kappa shape index (κ2) is 5.55. The molecule has 18 heavy (non-hydrogen) atoms. The van der Waals surface area contributed by atoms with Crippen molar-refractivity contribution in [1.82, 2.24) is 4.98 Å². The maximum atomic E-state index is 13.0. The fraction of sp³-hybridized carbons (Fsp3) is 0.154. The van der Waals surface area contributed by atoms with Gasteiger partial charge in [0.25, 0.3) is 0 Å². The SMILES string of the molecule is Cc1cccnc1CNc1c(Cl)cc(F)cc1Cl. The van der Waals surface area contributed by atoms with Gasteiger partial charge in [0.2, 0.25) is 0 Å². The highest BCUT2D eigenvalue weighted by atomic mass is 35.5. The molecule has 0 fully saturated rings. The summed E-state index contributed by atoms with van der Waals surface area (Å²) < 4.78 is 13.0. The Morgan fingerprint density at radius 3 is 2.56 bits per heavy atom. The van der Waals surface area contributed by atoms with Crippen LogP contribution in [0.5, 0.6) is 0 Å². The van der Waals surface area contributed by atoms with Gasteiger partial charge in [-0.25, -0.2) is 4.39 Å². The summed E-state index contributed by atoms with van der Waals surface area (Å²) in [6.45, 7) is 2.45.